The van der Waals surface area contributed by atoms with Gasteiger partial charge in [0.25, 0.3) is 0 Å². The van der Waals surface area contributed by atoms with E-state index in [1.54, 1.807) is 0 Å². The van der Waals surface area contributed by atoms with Gasteiger partial charge in [0.05, 0.1) is 0 Å². The zero-order valence-electron chi connectivity index (χ0n) is 13.0. The summed E-state index contributed by atoms with van der Waals surface area (Å²) in [5.74, 6) is 1.68. The van der Waals surface area contributed by atoms with Gasteiger partial charge in [0.2, 0.25) is 5.95 Å². The number of halogens is 1. The molecule has 2 aromatic rings. The molecular weight excluding hydrogens is 296 g/mol. The van der Waals surface area contributed by atoms with Crippen LogP contribution in [0.25, 0.3) is 0 Å². The molecule has 0 saturated carbocycles. The van der Waals surface area contributed by atoms with Crippen LogP contribution in [0.2, 0.25) is 5.02 Å². The molecule has 0 unspecified atom stereocenters. The molecule has 0 bridgehead atoms. The van der Waals surface area contributed by atoms with Crippen LogP contribution >= 0.6 is 11.6 Å². The van der Waals surface area contributed by atoms with Gasteiger partial charge in [-0.15, -0.1) is 0 Å². The maximum absolute atomic E-state index is 6.07. The van der Waals surface area contributed by atoms with Crippen molar-refractivity contribution in [1.29, 1.82) is 0 Å². The number of anilines is 2. The lowest BCUT2D eigenvalue weighted by atomic mass is 10.00. The molecule has 1 aromatic carbocycles. The number of nitrogens with zero attached hydrogens (tertiary/aromatic N) is 3. The fraction of sp³-hybridized carbons (Fsp3) is 0.412. The molecule has 0 aliphatic carbocycles. The second-order valence-electron chi connectivity index (χ2n) is 5.78. The van der Waals surface area contributed by atoms with Crippen molar-refractivity contribution >= 4 is 23.4 Å². The lowest BCUT2D eigenvalue weighted by Gasteiger charge is -2.30. The Labute approximate surface area is 136 Å². The largest absolute Gasteiger partial charge is 0.352 e. The summed E-state index contributed by atoms with van der Waals surface area (Å²) < 4.78 is 0. The van der Waals surface area contributed by atoms with Crippen molar-refractivity contribution in [2.75, 3.05) is 16.8 Å². The Morgan fingerprint density at radius 1 is 1.32 bits per heavy atom. The summed E-state index contributed by atoms with van der Waals surface area (Å²) in [4.78, 5) is 11.3. The first-order valence-electron chi connectivity index (χ1n) is 7.77. The number of aromatic nitrogens is 2. The molecule has 2 heterocycles. The molecular formula is C17H21ClN4. The summed E-state index contributed by atoms with van der Waals surface area (Å²) in [6.07, 6.45) is 3.86. The first kappa shape index (κ1) is 15.1. The van der Waals surface area contributed by atoms with E-state index in [1.165, 1.54) is 11.1 Å². The first-order valence-corrected chi connectivity index (χ1v) is 8.15. The molecule has 0 amide bonds. The fourth-order valence-electron chi connectivity index (χ4n) is 2.63. The van der Waals surface area contributed by atoms with Crippen LogP contribution < -0.4 is 10.2 Å². The third-order valence-corrected chi connectivity index (χ3v) is 4.37. The first-order chi connectivity index (χ1) is 10.7. The minimum Gasteiger partial charge on any atom is -0.352 e. The van der Waals surface area contributed by atoms with Gasteiger partial charge >= 0.3 is 0 Å². The zero-order chi connectivity index (χ0) is 15.5. The van der Waals surface area contributed by atoms with Crippen LogP contribution in [0.5, 0.6) is 0 Å². The highest BCUT2D eigenvalue weighted by Crippen LogP contribution is 2.25. The Morgan fingerprint density at radius 3 is 3.00 bits per heavy atom. The van der Waals surface area contributed by atoms with Crippen molar-refractivity contribution in [3.8, 4) is 0 Å². The molecule has 5 heteroatoms. The van der Waals surface area contributed by atoms with Crippen LogP contribution in [-0.2, 0) is 13.0 Å². The van der Waals surface area contributed by atoms with E-state index in [0.29, 0.717) is 12.0 Å². The topological polar surface area (TPSA) is 41.1 Å². The van der Waals surface area contributed by atoms with E-state index < -0.39 is 0 Å². The van der Waals surface area contributed by atoms with E-state index in [9.17, 15) is 0 Å². The van der Waals surface area contributed by atoms with E-state index in [1.807, 2.05) is 18.3 Å². The number of benzene rings is 1. The minimum absolute atomic E-state index is 0.375. The average molecular weight is 317 g/mol. The Hall–Kier alpha value is -1.81. The molecule has 116 valence electrons. The quantitative estimate of drug-likeness (QED) is 0.928. The maximum Gasteiger partial charge on any atom is 0.224 e. The van der Waals surface area contributed by atoms with Crippen LogP contribution in [-0.4, -0.2) is 22.6 Å². The van der Waals surface area contributed by atoms with Gasteiger partial charge in [0, 0.05) is 30.4 Å². The summed E-state index contributed by atoms with van der Waals surface area (Å²) >= 11 is 6.07. The molecule has 1 N–H and O–H groups in total. The van der Waals surface area contributed by atoms with Gasteiger partial charge in [0.15, 0.2) is 0 Å². The highest BCUT2D eigenvalue weighted by molar-refractivity contribution is 6.30. The standard InChI is InChI=1S/C17H21ClN4/c1-3-12(2)20-17-19-8-6-16(21-17)22-9-7-13-10-15(18)5-4-14(13)11-22/h4-6,8,10,12H,3,7,9,11H2,1-2H3,(H,19,20,21)/t12-/m0/s1. The van der Waals surface area contributed by atoms with E-state index in [4.69, 9.17) is 11.6 Å². The van der Waals surface area contributed by atoms with Crippen molar-refractivity contribution in [2.24, 2.45) is 0 Å². The third-order valence-electron chi connectivity index (χ3n) is 4.13. The summed E-state index contributed by atoms with van der Waals surface area (Å²) in [5, 5.41) is 4.15. The van der Waals surface area contributed by atoms with E-state index in [0.717, 1.165) is 36.8 Å². The van der Waals surface area contributed by atoms with Crippen LogP contribution in [0.3, 0.4) is 0 Å². The molecule has 1 atom stereocenters. The van der Waals surface area contributed by atoms with Crippen molar-refractivity contribution in [3.63, 3.8) is 0 Å². The normalized spacial score (nSPS) is 15.3. The maximum atomic E-state index is 6.07. The van der Waals surface area contributed by atoms with Crippen molar-refractivity contribution in [3.05, 3.63) is 46.6 Å². The Morgan fingerprint density at radius 2 is 2.18 bits per heavy atom. The van der Waals surface area contributed by atoms with E-state index in [-0.39, 0.29) is 0 Å². The molecule has 3 rings (SSSR count). The second-order valence-corrected chi connectivity index (χ2v) is 6.21. The molecule has 22 heavy (non-hydrogen) atoms. The molecule has 0 fully saturated rings. The second kappa shape index (κ2) is 6.53. The Balaban J connectivity index is 1.78. The van der Waals surface area contributed by atoms with Crippen molar-refractivity contribution in [2.45, 2.75) is 39.3 Å². The Bertz CT molecular complexity index is 659. The third kappa shape index (κ3) is 3.33. The van der Waals surface area contributed by atoms with Crippen LogP contribution in [0.4, 0.5) is 11.8 Å². The molecule has 4 nitrogen and oxygen atoms in total. The van der Waals surface area contributed by atoms with Gasteiger partial charge in [-0.25, -0.2) is 4.98 Å². The summed E-state index contributed by atoms with van der Waals surface area (Å²) in [7, 11) is 0. The van der Waals surface area contributed by atoms with Crippen molar-refractivity contribution in [1.82, 2.24) is 9.97 Å². The van der Waals surface area contributed by atoms with Crippen molar-refractivity contribution < 1.29 is 0 Å². The van der Waals surface area contributed by atoms with Gasteiger partial charge in [-0.2, -0.15) is 4.98 Å². The SMILES string of the molecule is CC[C@H](C)Nc1nccc(N2CCc3cc(Cl)ccc3C2)n1. The fourth-order valence-corrected chi connectivity index (χ4v) is 2.83. The molecule has 0 spiro atoms. The van der Waals surface area contributed by atoms with Crippen LogP contribution in [0.15, 0.2) is 30.5 Å². The monoisotopic (exact) mass is 316 g/mol. The van der Waals surface area contributed by atoms with E-state index >= 15 is 0 Å². The van der Waals surface area contributed by atoms with Crippen LogP contribution in [0.1, 0.15) is 31.4 Å². The molecule has 1 aliphatic heterocycles. The summed E-state index contributed by atoms with van der Waals surface area (Å²) in [6, 6.07) is 8.50. The van der Waals surface area contributed by atoms with Gasteiger partial charge in [-0.3, -0.25) is 0 Å². The average Bonchev–Trinajstić information content (AvgIpc) is 2.54. The number of hydrogen-bond acceptors (Lipinski definition) is 4. The van der Waals surface area contributed by atoms with Crippen LogP contribution in [0, 0.1) is 0 Å². The lowest BCUT2D eigenvalue weighted by Crippen LogP contribution is -2.31. The summed E-state index contributed by atoms with van der Waals surface area (Å²) in [5.41, 5.74) is 2.67. The van der Waals surface area contributed by atoms with E-state index in [2.05, 4.69) is 46.2 Å². The number of rotatable bonds is 4. The number of fused-ring (bicyclic) bond motifs is 1. The predicted octanol–water partition coefficient (Wildman–Crippen LogP) is 3.90. The van der Waals surface area contributed by atoms with Gasteiger partial charge in [-0.1, -0.05) is 24.6 Å². The molecule has 0 saturated heterocycles. The zero-order valence-corrected chi connectivity index (χ0v) is 13.8. The lowest BCUT2D eigenvalue weighted by molar-refractivity contribution is 0.715. The summed E-state index contributed by atoms with van der Waals surface area (Å²) in [6.45, 7) is 6.10. The Kier molecular flexibility index (Phi) is 4.48. The van der Waals surface area contributed by atoms with Gasteiger partial charge < -0.3 is 10.2 Å². The predicted molar refractivity (Wildman–Crippen MR) is 91.6 cm³/mol. The number of hydrogen-bond donors (Lipinski definition) is 1. The number of nitrogens with one attached hydrogen (secondary N) is 1. The minimum atomic E-state index is 0.375. The van der Waals surface area contributed by atoms with Gasteiger partial charge in [-0.05, 0) is 49.1 Å². The molecule has 1 aromatic heterocycles. The highest BCUT2D eigenvalue weighted by atomic mass is 35.5. The highest BCUT2D eigenvalue weighted by Gasteiger charge is 2.18. The molecule has 0 radical (unpaired) electrons. The smallest absolute Gasteiger partial charge is 0.224 e. The molecule has 1 aliphatic rings. The van der Waals surface area contributed by atoms with Gasteiger partial charge in [0.1, 0.15) is 5.82 Å².